The minimum Gasteiger partial charge on any atom is -0.489 e. The van der Waals surface area contributed by atoms with Crippen LogP contribution in [0.3, 0.4) is 0 Å². The lowest BCUT2D eigenvalue weighted by atomic mass is 9.77. The molecule has 0 aliphatic heterocycles. The van der Waals surface area contributed by atoms with Crippen LogP contribution in [0.15, 0.2) is 54.7 Å². The Kier molecular flexibility index (Phi) is 7.05. The molecule has 0 amide bonds. The highest BCUT2D eigenvalue weighted by molar-refractivity contribution is 5.66. The van der Waals surface area contributed by atoms with Gasteiger partial charge in [-0.1, -0.05) is 30.3 Å². The smallest absolute Gasteiger partial charge is 0.433 e. The van der Waals surface area contributed by atoms with E-state index in [0.29, 0.717) is 17.0 Å². The molecule has 1 fully saturated rings. The van der Waals surface area contributed by atoms with Gasteiger partial charge in [0, 0.05) is 29.6 Å². The first-order chi connectivity index (χ1) is 16.5. The summed E-state index contributed by atoms with van der Waals surface area (Å²) in [6.07, 6.45) is -7.50. The van der Waals surface area contributed by atoms with Crippen molar-refractivity contribution >= 4 is 0 Å². The van der Waals surface area contributed by atoms with Crippen LogP contribution in [-0.2, 0) is 12.8 Å². The van der Waals surface area contributed by atoms with Gasteiger partial charge in [-0.15, -0.1) is 0 Å². The van der Waals surface area contributed by atoms with Crippen molar-refractivity contribution < 1.29 is 31.1 Å². The van der Waals surface area contributed by atoms with Crippen molar-refractivity contribution in [2.75, 3.05) is 0 Å². The Hall–Kier alpha value is -3.10. The minimum absolute atomic E-state index is 0.0681. The summed E-state index contributed by atoms with van der Waals surface area (Å²) in [5.41, 5.74) is 1.36. The lowest BCUT2D eigenvalue weighted by Crippen LogP contribution is -2.27. The molecule has 1 aromatic carbocycles. The van der Waals surface area contributed by atoms with E-state index in [1.165, 1.54) is 0 Å². The third kappa shape index (κ3) is 6.13. The Bertz CT molecular complexity index is 1150. The van der Waals surface area contributed by atoms with E-state index in [0.717, 1.165) is 17.8 Å². The van der Waals surface area contributed by atoms with Gasteiger partial charge in [0.15, 0.2) is 0 Å². The number of rotatable bonds is 5. The zero-order valence-corrected chi connectivity index (χ0v) is 19.0. The molecule has 0 atom stereocenters. The van der Waals surface area contributed by atoms with E-state index in [4.69, 9.17) is 4.74 Å². The molecular formula is C26H24F6N2O. The van der Waals surface area contributed by atoms with Crippen molar-refractivity contribution in [2.45, 2.75) is 57.5 Å². The Morgan fingerprint density at radius 2 is 1.60 bits per heavy atom. The SMILES string of the molecule is Cc1cc(OCc2ccccc2)cc(-c2cc(C(F)(F)F)ncc2C2CCC(C(F)(F)F)CC2)n1. The summed E-state index contributed by atoms with van der Waals surface area (Å²) < 4.78 is 85.7. The highest BCUT2D eigenvalue weighted by Crippen LogP contribution is 2.45. The molecule has 2 aromatic heterocycles. The molecule has 1 aliphatic carbocycles. The lowest BCUT2D eigenvalue weighted by Gasteiger charge is -2.31. The van der Waals surface area contributed by atoms with Crippen LogP contribution >= 0.6 is 0 Å². The summed E-state index contributed by atoms with van der Waals surface area (Å²) in [5, 5.41) is 0. The minimum atomic E-state index is -4.67. The number of aromatic nitrogens is 2. The predicted molar refractivity (Wildman–Crippen MR) is 119 cm³/mol. The van der Waals surface area contributed by atoms with Gasteiger partial charge < -0.3 is 4.74 Å². The van der Waals surface area contributed by atoms with Crippen LogP contribution < -0.4 is 4.74 Å². The number of nitrogens with zero attached hydrogens (tertiary/aromatic N) is 2. The number of halogens is 6. The van der Waals surface area contributed by atoms with E-state index in [1.807, 2.05) is 30.3 Å². The summed E-state index contributed by atoms with van der Waals surface area (Å²) in [6, 6.07) is 13.6. The van der Waals surface area contributed by atoms with Crippen LogP contribution in [-0.4, -0.2) is 16.1 Å². The molecule has 0 unspecified atom stereocenters. The van der Waals surface area contributed by atoms with Gasteiger partial charge in [-0.2, -0.15) is 26.3 Å². The third-order valence-corrected chi connectivity index (χ3v) is 6.31. The van der Waals surface area contributed by atoms with E-state index in [-0.39, 0.29) is 49.5 Å². The van der Waals surface area contributed by atoms with Crippen molar-refractivity contribution in [2.24, 2.45) is 5.92 Å². The fourth-order valence-electron chi connectivity index (χ4n) is 4.50. The Morgan fingerprint density at radius 3 is 2.23 bits per heavy atom. The second-order valence-corrected chi connectivity index (χ2v) is 8.85. The maximum absolute atomic E-state index is 13.5. The van der Waals surface area contributed by atoms with Crippen LogP contribution in [0.1, 0.15) is 54.1 Å². The van der Waals surface area contributed by atoms with Crippen LogP contribution in [0.2, 0.25) is 0 Å². The molecule has 3 aromatic rings. The lowest BCUT2D eigenvalue weighted by molar-refractivity contribution is -0.182. The van der Waals surface area contributed by atoms with Gasteiger partial charge in [-0.05, 0) is 55.7 Å². The fraction of sp³-hybridized carbons (Fsp3) is 0.385. The largest absolute Gasteiger partial charge is 0.489 e. The van der Waals surface area contributed by atoms with E-state index in [1.54, 1.807) is 19.1 Å². The van der Waals surface area contributed by atoms with Gasteiger partial charge in [0.25, 0.3) is 0 Å². The van der Waals surface area contributed by atoms with Crippen molar-refractivity contribution in [3.8, 4) is 17.0 Å². The van der Waals surface area contributed by atoms with Crippen LogP contribution in [0.25, 0.3) is 11.3 Å². The summed E-state index contributed by atoms with van der Waals surface area (Å²) in [4.78, 5) is 8.03. The first-order valence-corrected chi connectivity index (χ1v) is 11.3. The average Bonchev–Trinajstić information content (AvgIpc) is 2.82. The zero-order valence-electron chi connectivity index (χ0n) is 19.0. The summed E-state index contributed by atoms with van der Waals surface area (Å²) in [5.74, 6) is -1.29. The van der Waals surface area contributed by atoms with E-state index < -0.39 is 24.0 Å². The molecule has 9 heteroatoms. The number of ether oxygens (including phenoxy) is 1. The Balaban J connectivity index is 1.67. The van der Waals surface area contributed by atoms with Gasteiger partial charge >= 0.3 is 12.4 Å². The van der Waals surface area contributed by atoms with E-state index in [9.17, 15) is 26.3 Å². The molecule has 0 bridgehead atoms. The molecule has 2 heterocycles. The van der Waals surface area contributed by atoms with E-state index in [2.05, 4.69) is 9.97 Å². The van der Waals surface area contributed by atoms with E-state index >= 15 is 0 Å². The van der Waals surface area contributed by atoms with Gasteiger partial charge in [0.1, 0.15) is 18.1 Å². The maximum atomic E-state index is 13.5. The number of benzene rings is 1. The van der Waals surface area contributed by atoms with Crippen molar-refractivity contribution in [3.63, 3.8) is 0 Å². The highest BCUT2D eigenvalue weighted by Gasteiger charge is 2.42. The Labute approximate surface area is 199 Å². The van der Waals surface area contributed by atoms with Crippen molar-refractivity contribution in [1.29, 1.82) is 0 Å². The van der Waals surface area contributed by atoms with Crippen molar-refractivity contribution in [1.82, 2.24) is 9.97 Å². The quantitative estimate of drug-likeness (QED) is 0.339. The molecule has 0 radical (unpaired) electrons. The molecule has 0 N–H and O–H groups in total. The Morgan fingerprint density at radius 1 is 0.914 bits per heavy atom. The molecule has 186 valence electrons. The van der Waals surface area contributed by atoms with Crippen LogP contribution in [0.4, 0.5) is 26.3 Å². The molecule has 4 rings (SSSR count). The van der Waals surface area contributed by atoms with Gasteiger partial charge in [-0.3, -0.25) is 9.97 Å². The summed E-state index contributed by atoms with van der Waals surface area (Å²) in [7, 11) is 0. The van der Waals surface area contributed by atoms with Gasteiger partial charge in [0.2, 0.25) is 0 Å². The zero-order chi connectivity index (χ0) is 25.2. The number of alkyl halides is 6. The molecule has 35 heavy (non-hydrogen) atoms. The maximum Gasteiger partial charge on any atom is 0.433 e. The first-order valence-electron chi connectivity index (χ1n) is 11.3. The molecular weight excluding hydrogens is 470 g/mol. The average molecular weight is 494 g/mol. The third-order valence-electron chi connectivity index (χ3n) is 6.31. The monoisotopic (exact) mass is 494 g/mol. The number of hydrogen-bond donors (Lipinski definition) is 0. The van der Waals surface area contributed by atoms with Crippen LogP contribution in [0.5, 0.6) is 5.75 Å². The number of pyridine rings is 2. The molecule has 0 spiro atoms. The second kappa shape index (κ2) is 9.87. The standard InChI is InChI=1S/C26H24F6N2O/c1-16-11-20(35-15-17-5-3-2-4-6-17)12-23(34-16)21-13-24(26(30,31)32)33-14-22(21)18-7-9-19(10-8-18)25(27,28)29/h2-6,11-14,18-19H,7-10,15H2,1H3. The number of aryl methyl sites for hydroxylation is 1. The highest BCUT2D eigenvalue weighted by atomic mass is 19.4. The summed E-state index contributed by atoms with van der Waals surface area (Å²) in [6.45, 7) is 1.97. The molecule has 1 aliphatic rings. The molecule has 3 nitrogen and oxygen atoms in total. The van der Waals surface area contributed by atoms with Crippen LogP contribution in [0, 0.1) is 12.8 Å². The normalized spacial score (nSPS) is 18.9. The molecule has 0 saturated heterocycles. The van der Waals surface area contributed by atoms with Gasteiger partial charge in [0.05, 0.1) is 11.6 Å². The summed E-state index contributed by atoms with van der Waals surface area (Å²) >= 11 is 0. The predicted octanol–water partition coefficient (Wildman–Crippen LogP) is 7.89. The fourth-order valence-corrected chi connectivity index (χ4v) is 4.50. The number of hydrogen-bond acceptors (Lipinski definition) is 3. The molecule has 1 saturated carbocycles. The first kappa shape index (κ1) is 25.0. The topological polar surface area (TPSA) is 35.0 Å². The van der Waals surface area contributed by atoms with Gasteiger partial charge in [-0.25, -0.2) is 0 Å². The van der Waals surface area contributed by atoms with Crippen molar-refractivity contribution in [3.05, 3.63) is 77.2 Å². The second-order valence-electron chi connectivity index (χ2n) is 8.85.